The summed E-state index contributed by atoms with van der Waals surface area (Å²) in [7, 11) is 0. The maximum atomic E-state index is 12.2. The van der Waals surface area contributed by atoms with E-state index in [1.165, 1.54) is 6.42 Å². The number of anilines is 1. The van der Waals surface area contributed by atoms with Crippen molar-refractivity contribution in [2.75, 3.05) is 5.32 Å². The third-order valence-electron chi connectivity index (χ3n) is 4.23. The number of carbonyl (C=O) groups is 2. The lowest BCUT2D eigenvalue weighted by Gasteiger charge is -2.14. The van der Waals surface area contributed by atoms with Crippen molar-refractivity contribution in [3.63, 3.8) is 0 Å². The molecule has 2 aliphatic rings. The molecule has 1 aromatic rings. The average molecular weight is 259 g/mol. The fraction of sp³-hybridized carbons (Fsp3) is 0.467. The molecule has 4 heteroatoms. The summed E-state index contributed by atoms with van der Waals surface area (Å²) in [6, 6.07) is 7.12. The van der Waals surface area contributed by atoms with Crippen molar-refractivity contribution in [2.24, 2.45) is 17.8 Å². The molecule has 0 bridgehead atoms. The molecule has 0 spiro atoms. The number of rotatable bonds is 4. The van der Waals surface area contributed by atoms with Gasteiger partial charge in [-0.3, -0.25) is 9.59 Å². The summed E-state index contributed by atoms with van der Waals surface area (Å²) in [6.07, 6.45) is 3.22. The van der Waals surface area contributed by atoms with E-state index in [1.54, 1.807) is 18.2 Å². The molecule has 0 radical (unpaired) electrons. The number of carboxylic acids is 1. The molecule has 4 nitrogen and oxygen atoms in total. The van der Waals surface area contributed by atoms with Crippen LogP contribution in [0.1, 0.15) is 24.8 Å². The number of carboxylic acid groups (broad SMARTS) is 1. The molecule has 0 heterocycles. The third kappa shape index (κ3) is 2.62. The highest BCUT2D eigenvalue weighted by molar-refractivity contribution is 5.94. The van der Waals surface area contributed by atoms with Crippen LogP contribution in [0.4, 0.5) is 5.69 Å². The van der Waals surface area contributed by atoms with Gasteiger partial charge in [-0.15, -0.1) is 0 Å². The Morgan fingerprint density at radius 2 is 1.84 bits per heavy atom. The minimum absolute atomic E-state index is 0.0463. The van der Waals surface area contributed by atoms with Crippen LogP contribution in [0.5, 0.6) is 0 Å². The van der Waals surface area contributed by atoms with E-state index in [0.717, 1.165) is 24.7 Å². The predicted octanol–water partition coefficient (Wildman–Crippen LogP) is 2.30. The lowest BCUT2D eigenvalue weighted by molar-refractivity contribution is -0.136. The third-order valence-corrected chi connectivity index (χ3v) is 4.23. The van der Waals surface area contributed by atoms with E-state index >= 15 is 0 Å². The molecule has 0 aliphatic heterocycles. The largest absolute Gasteiger partial charge is 0.481 e. The first-order valence-electron chi connectivity index (χ1n) is 6.74. The summed E-state index contributed by atoms with van der Waals surface area (Å²) in [4.78, 5) is 23.0. The molecule has 2 fully saturated rings. The minimum Gasteiger partial charge on any atom is -0.481 e. The van der Waals surface area contributed by atoms with E-state index in [1.807, 2.05) is 6.07 Å². The van der Waals surface area contributed by atoms with Crippen molar-refractivity contribution in [1.29, 1.82) is 0 Å². The Kier molecular flexibility index (Phi) is 3.01. The number of para-hydroxylation sites is 1. The first-order valence-corrected chi connectivity index (χ1v) is 6.74. The molecule has 2 saturated carbocycles. The van der Waals surface area contributed by atoms with Gasteiger partial charge in [0.05, 0.1) is 6.42 Å². The van der Waals surface area contributed by atoms with Gasteiger partial charge in [-0.25, -0.2) is 0 Å². The van der Waals surface area contributed by atoms with Gasteiger partial charge in [0.25, 0.3) is 0 Å². The summed E-state index contributed by atoms with van der Waals surface area (Å²) in [5, 5.41) is 11.8. The van der Waals surface area contributed by atoms with Crippen LogP contribution in [0.25, 0.3) is 0 Å². The van der Waals surface area contributed by atoms with Gasteiger partial charge in [0, 0.05) is 11.6 Å². The highest BCUT2D eigenvalue weighted by atomic mass is 16.4. The van der Waals surface area contributed by atoms with Crippen molar-refractivity contribution in [3.8, 4) is 0 Å². The molecule has 19 heavy (non-hydrogen) atoms. The zero-order valence-electron chi connectivity index (χ0n) is 10.6. The molecule has 2 atom stereocenters. The van der Waals surface area contributed by atoms with Crippen molar-refractivity contribution in [1.82, 2.24) is 0 Å². The SMILES string of the molecule is O=C(O)Cc1ccccc1NC(=O)C1CC2CC2C1. The van der Waals surface area contributed by atoms with E-state index in [9.17, 15) is 9.59 Å². The second kappa shape index (κ2) is 4.68. The molecule has 1 aromatic carbocycles. The van der Waals surface area contributed by atoms with Gasteiger partial charge in [0.1, 0.15) is 0 Å². The summed E-state index contributed by atoms with van der Waals surface area (Å²) >= 11 is 0. The van der Waals surface area contributed by atoms with Crippen LogP contribution in [0.3, 0.4) is 0 Å². The summed E-state index contributed by atoms with van der Waals surface area (Å²) in [5.41, 5.74) is 1.29. The van der Waals surface area contributed by atoms with Gasteiger partial charge in [-0.2, -0.15) is 0 Å². The van der Waals surface area contributed by atoms with E-state index in [2.05, 4.69) is 5.32 Å². The van der Waals surface area contributed by atoms with Crippen LogP contribution >= 0.6 is 0 Å². The normalized spacial score (nSPS) is 27.7. The summed E-state index contributed by atoms with van der Waals surface area (Å²) < 4.78 is 0. The van der Waals surface area contributed by atoms with E-state index < -0.39 is 5.97 Å². The second-order valence-corrected chi connectivity index (χ2v) is 5.64. The summed E-state index contributed by atoms with van der Waals surface area (Å²) in [6.45, 7) is 0. The Morgan fingerprint density at radius 3 is 2.53 bits per heavy atom. The average Bonchev–Trinajstić information content (AvgIpc) is 2.98. The monoisotopic (exact) mass is 259 g/mol. The van der Waals surface area contributed by atoms with Crippen LogP contribution in [0, 0.1) is 17.8 Å². The Balaban J connectivity index is 1.68. The van der Waals surface area contributed by atoms with Crippen LogP contribution in [0.15, 0.2) is 24.3 Å². The van der Waals surface area contributed by atoms with Crippen molar-refractivity contribution in [3.05, 3.63) is 29.8 Å². The highest BCUT2D eigenvalue weighted by Gasteiger charge is 2.48. The molecule has 0 saturated heterocycles. The minimum atomic E-state index is -0.885. The van der Waals surface area contributed by atoms with Gasteiger partial charge in [-0.05, 0) is 42.7 Å². The van der Waals surface area contributed by atoms with Gasteiger partial charge in [0.2, 0.25) is 5.91 Å². The quantitative estimate of drug-likeness (QED) is 0.871. The topological polar surface area (TPSA) is 66.4 Å². The first kappa shape index (κ1) is 12.2. The number of hydrogen-bond donors (Lipinski definition) is 2. The molecule has 1 amide bonds. The van der Waals surface area contributed by atoms with Crippen LogP contribution in [-0.2, 0) is 16.0 Å². The number of hydrogen-bond acceptors (Lipinski definition) is 2. The molecule has 2 unspecified atom stereocenters. The number of carbonyl (C=O) groups excluding carboxylic acids is 1. The molecular weight excluding hydrogens is 242 g/mol. The Morgan fingerprint density at radius 1 is 1.16 bits per heavy atom. The number of nitrogens with one attached hydrogen (secondary N) is 1. The first-order chi connectivity index (χ1) is 9.13. The Labute approximate surface area is 111 Å². The number of fused-ring (bicyclic) bond motifs is 1. The number of benzene rings is 1. The number of aliphatic carboxylic acids is 1. The maximum Gasteiger partial charge on any atom is 0.307 e. The van der Waals surface area contributed by atoms with E-state index in [0.29, 0.717) is 11.3 Å². The highest BCUT2D eigenvalue weighted by Crippen LogP contribution is 2.54. The van der Waals surface area contributed by atoms with Gasteiger partial charge >= 0.3 is 5.97 Å². The molecule has 3 rings (SSSR count). The summed E-state index contributed by atoms with van der Waals surface area (Å²) in [5.74, 6) is 0.811. The zero-order valence-corrected chi connectivity index (χ0v) is 10.6. The van der Waals surface area contributed by atoms with Crippen molar-refractivity contribution in [2.45, 2.75) is 25.7 Å². The molecule has 2 N–H and O–H groups in total. The smallest absolute Gasteiger partial charge is 0.307 e. The van der Waals surface area contributed by atoms with Gasteiger partial charge in [0.15, 0.2) is 0 Å². The van der Waals surface area contributed by atoms with Crippen molar-refractivity contribution >= 4 is 17.6 Å². The lowest BCUT2D eigenvalue weighted by Crippen LogP contribution is -2.22. The van der Waals surface area contributed by atoms with Gasteiger partial charge in [-0.1, -0.05) is 18.2 Å². The fourth-order valence-corrected chi connectivity index (χ4v) is 3.12. The maximum absolute atomic E-state index is 12.2. The molecule has 0 aromatic heterocycles. The fourth-order valence-electron chi connectivity index (χ4n) is 3.12. The standard InChI is InChI=1S/C15H17NO3/c17-14(18)8-9-3-1-2-4-13(9)16-15(19)12-6-10-5-11(10)7-12/h1-4,10-12H,5-8H2,(H,16,19)(H,17,18). The van der Waals surface area contributed by atoms with Crippen LogP contribution in [-0.4, -0.2) is 17.0 Å². The number of amides is 1. The lowest BCUT2D eigenvalue weighted by atomic mass is 10.0. The van der Waals surface area contributed by atoms with Gasteiger partial charge < -0.3 is 10.4 Å². The Hall–Kier alpha value is -1.84. The second-order valence-electron chi connectivity index (χ2n) is 5.64. The zero-order chi connectivity index (χ0) is 13.4. The van der Waals surface area contributed by atoms with E-state index in [4.69, 9.17) is 5.11 Å². The van der Waals surface area contributed by atoms with Crippen LogP contribution in [0.2, 0.25) is 0 Å². The van der Waals surface area contributed by atoms with Crippen molar-refractivity contribution < 1.29 is 14.7 Å². The molecular formula is C15H17NO3. The molecule has 2 aliphatic carbocycles. The predicted molar refractivity (Wildman–Crippen MR) is 70.7 cm³/mol. The molecule has 100 valence electrons. The van der Waals surface area contributed by atoms with E-state index in [-0.39, 0.29) is 18.2 Å². The van der Waals surface area contributed by atoms with Crippen LogP contribution < -0.4 is 5.32 Å². The Bertz CT molecular complexity index is 516.